The Morgan fingerprint density at radius 3 is 2.46 bits per heavy atom. The molecule has 0 bridgehead atoms. The van der Waals surface area contributed by atoms with Gasteiger partial charge in [-0.2, -0.15) is 0 Å². The summed E-state index contributed by atoms with van der Waals surface area (Å²) in [5.74, 6) is -0.229. The van der Waals surface area contributed by atoms with Crippen molar-refractivity contribution < 1.29 is 9.52 Å². The van der Waals surface area contributed by atoms with Gasteiger partial charge in [0.1, 0.15) is 16.9 Å². The highest BCUT2D eigenvalue weighted by Gasteiger charge is 2.16. The van der Waals surface area contributed by atoms with E-state index in [1.165, 1.54) is 10.9 Å². The summed E-state index contributed by atoms with van der Waals surface area (Å²) in [6, 6.07) is 15.8. The fourth-order valence-electron chi connectivity index (χ4n) is 3.09. The molecule has 2 aromatic heterocycles. The molecule has 0 aliphatic carbocycles. The molecule has 140 valence electrons. The largest absolute Gasteiger partial charge is 0.506 e. The lowest BCUT2D eigenvalue weighted by Crippen LogP contribution is -2.19. The smallest absolute Gasteiger partial charge is 0.348 e. The SMILES string of the molecule is Cc1c(N=Cc2c(O)c3ccccc3oc2=O)c(=O)n(-c2ccccc2)n1C. The Morgan fingerprint density at radius 2 is 1.71 bits per heavy atom. The Balaban J connectivity index is 1.85. The van der Waals surface area contributed by atoms with Crippen molar-refractivity contribution in [2.75, 3.05) is 0 Å². The molecule has 28 heavy (non-hydrogen) atoms. The molecule has 7 nitrogen and oxygen atoms in total. The van der Waals surface area contributed by atoms with E-state index in [1.807, 2.05) is 30.3 Å². The average Bonchev–Trinajstić information content (AvgIpc) is 2.91. The zero-order valence-corrected chi connectivity index (χ0v) is 15.3. The fraction of sp³-hybridized carbons (Fsp3) is 0.0952. The Kier molecular flexibility index (Phi) is 4.19. The molecule has 0 spiro atoms. The minimum atomic E-state index is -0.725. The number of nitrogens with zero attached hydrogens (tertiary/aromatic N) is 3. The summed E-state index contributed by atoms with van der Waals surface area (Å²) < 4.78 is 8.40. The molecule has 4 rings (SSSR count). The monoisotopic (exact) mass is 375 g/mol. The van der Waals surface area contributed by atoms with E-state index >= 15 is 0 Å². The van der Waals surface area contributed by atoms with E-state index in [1.54, 1.807) is 42.9 Å². The van der Waals surface area contributed by atoms with Gasteiger partial charge in [0.05, 0.1) is 16.8 Å². The second kappa shape index (κ2) is 6.70. The van der Waals surface area contributed by atoms with Crippen molar-refractivity contribution in [2.45, 2.75) is 6.92 Å². The number of hydrogen-bond donors (Lipinski definition) is 1. The number of fused-ring (bicyclic) bond motifs is 1. The highest BCUT2D eigenvalue weighted by atomic mass is 16.4. The van der Waals surface area contributed by atoms with E-state index in [2.05, 4.69) is 4.99 Å². The third-order valence-electron chi connectivity index (χ3n) is 4.67. The predicted molar refractivity (Wildman–Crippen MR) is 107 cm³/mol. The first-order valence-corrected chi connectivity index (χ1v) is 8.62. The maximum Gasteiger partial charge on any atom is 0.348 e. The molecule has 0 fully saturated rings. The van der Waals surface area contributed by atoms with Gasteiger partial charge in [-0.25, -0.2) is 14.5 Å². The first kappa shape index (κ1) is 17.5. The van der Waals surface area contributed by atoms with Crippen molar-refractivity contribution in [3.05, 3.63) is 86.6 Å². The molecule has 0 radical (unpaired) electrons. The van der Waals surface area contributed by atoms with Crippen LogP contribution in [0.2, 0.25) is 0 Å². The number of aromatic hydroxyl groups is 1. The van der Waals surface area contributed by atoms with Gasteiger partial charge in [0.15, 0.2) is 5.69 Å². The molecule has 0 unspecified atom stereocenters. The highest BCUT2D eigenvalue weighted by molar-refractivity contribution is 5.94. The van der Waals surface area contributed by atoms with Crippen molar-refractivity contribution in [3.8, 4) is 11.4 Å². The van der Waals surface area contributed by atoms with Crippen LogP contribution in [0.3, 0.4) is 0 Å². The number of para-hydroxylation sites is 2. The van der Waals surface area contributed by atoms with Crippen LogP contribution >= 0.6 is 0 Å². The molecule has 7 heteroatoms. The lowest BCUT2D eigenvalue weighted by molar-refractivity contribution is 0.466. The number of aromatic nitrogens is 2. The summed E-state index contributed by atoms with van der Waals surface area (Å²) in [7, 11) is 1.75. The Bertz CT molecular complexity index is 1330. The van der Waals surface area contributed by atoms with Gasteiger partial charge in [-0.15, -0.1) is 0 Å². The van der Waals surface area contributed by atoms with Gasteiger partial charge in [-0.3, -0.25) is 9.48 Å². The molecule has 0 atom stereocenters. The first-order chi connectivity index (χ1) is 13.5. The van der Waals surface area contributed by atoms with Crippen LogP contribution in [0, 0.1) is 6.92 Å². The van der Waals surface area contributed by atoms with Gasteiger partial charge in [0.2, 0.25) is 0 Å². The van der Waals surface area contributed by atoms with Gasteiger partial charge >= 0.3 is 5.63 Å². The summed E-state index contributed by atoms with van der Waals surface area (Å²) in [5.41, 5.74) is 0.627. The highest BCUT2D eigenvalue weighted by Crippen LogP contribution is 2.25. The lowest BCUT2D eigenvalue weighted by atomic mass is 10.1. The van der Waals surface area contributed by atoms with Crippen LogP contribution in [-0.2, 0) is 7.05 Å². The van der Waals surface area contributed by atoms with E-state index < -0.39 is 5.63 Å². The number of rotatable bonds is 3. The summed E-state index contributed by atoms with van der Waals surface area (Å²) in [6.07, 6.45) is 1.17. The van der Waals surface area contributed by atoms with Crippen molar-refractivity contribution in [1.82, 2.24) is 9.36 Å². The molecule has 4 aromatic rings. The van der Waals surface area contributed by atoms with Crippen LogP contribution in [-0.4, -0.2) is 20.7 Å². The predicted octanol–water partition coefficient (Wildman–Crippen LogP) is 3.05. The molecule has 0 amide bonds. The first-order valence-electron chi connectivity index (χ1n) is 8.62. The molecule has 0 aliphatic rings. The minimum absolute atomic E-state index is 0.104. The fourth-order valence-corrected chi connectivity index (χ4v) is 3.09. The maximum absolute atomic E-state index is 12.9. The van der Waals surface area contributed by atoms with Crippen LogP contribution < -0.4 is 11.2 Å². The third kappa shape index (κ3) is 2.73. The molecule has 0 saturated heterocycles. The van der Waals surface area contributed by atoms with Crippen molar-refractivity contribution in [1.29, 1.82) is 0 Å². The normalized spacial score (nSPS) is 11.5. The average molecular weight is 375 g/mol. The zero-order chi connectivity index (χ0) is 19.8. The Hall–Kier alpha value is -3.87. The zero-order valence-electron chi connectivity index (χ0n) is 15.3. The van der Waals surface area contributed by atoms with Crippen molar-refractivity contribution in [3.63, 3.8) is 0 Å². The van der Waals surface area contributed by atoms with Crippen LogP contribution in [0.4, 0.5) is 5.69 Å². The number of hydrogen-bond acceptors (Lipinski definition) is 5. The second-order valence-corrected chi connectivity index (χ2v) is 6.32. The topological polar surface area (TPSA) is 89.7 Å². The van der Waals surface area contributed by atoms with E-state index in [4.69, 9.17) is 4.42 Å². The molecular formula is C21H17N3O4. The lowest BCUT2D eigenvalue weighted by Gasteiger charge is -2.07. The van der Waals surface area contributed by atoms with E-state index in [0.29, 0.717) is 16.8 Å². The summed E-state index contributed by atoms with van der Waals surface area (Å²) >= 11 is 0. The quantitative estimate of drug-likeness (QED) is 0.440. The second-order valence-electron chi connectivity index (χ2n) is 6.32. The molecular weight excluding hydrogens is 358 g/mol. The Labute approximate surface area is 159 Å². The van der Waals surface area contributed by atoms with E-state index in [9.17, 15) is 14.7 Å². The van der Waals surface area contributed by atoms with Gasteiger partial charge in [0, 0.05) is 13.3 Å². The molecule has 2 aromatic carbocycles. The van der Waals surface area contributed by atoms with Gasteiger partial charge in [-0.05, 0) is 31.2 Å². The standard InChI is InChI=1S/C21H17N3O4/c1-13-18(20(26)24(23(13)2)14-8-4-3-5-9-14)22-12-16-19(25)15-10-6-7-11-17(15)28-21(16)27/h3-12,25H,1-2H3. The van der Waals surface area contributed by atoms with Crippen LogP contribution in [0.25, 0.3) is 16.7 Å². The van der Waals surface area contributed by atoms with Crippen LogP contribution in [0.15, 0.2) is 73.6 Å². The summed E-state index contributed by atoms with van der Waals surface area (Å²) in [6.45, 7) is 1.76. The minimum Gasteiger partial charge on any atom is -0.506 e. The van der Waals surface area contributed by atoms with Gasteiger partial charge in [0.25, 0.3) is 5.56 Å². The molecule has 1 N–H and O–H groups in total. The van der Waals surface area contributed by atoms with E-state index in [0.717, 1.165) is 0 Å². The van der Waals surface area contributed by atoms with E-state index in [-0.39, 0.29) is 28.1 Å². The molecule has 0 aliphatic heterocycles. The van der Waals surface area contributed by atoms with Gasteiger partial charge in [-0.1, -0.05) is 30.3 Å². The number of aliphatic imine (C=N–C) groups is 1. The van der Waals surface area contributed by atoms with Crippen molar-refractivity contribution >= 4 is 22.9 Å². The van der Waals surface area contributed by atoms with Gasteiger partial charge < -0.3 is 9.52 Å². The Morgan fingerprint density at radius 1 is 1.04 bits per heavy atom. The van der Waals surface area contributed by atoms with Crippen molar-refractivity contribution in [2.24, 2.45) is 12.0 Å². The van der Waals surface area contributed by atoms with Crippen LogP contribution in [0.5, 0.6) is 5.75 Å². The number of benzene rings is 2. The maximum atomic E-state index is 12.9. The summed E-state index contributed by atoms with van der Waals surface area (Å²) in [4.78, 5) is 29.3. The summed E-state index contributed by atoms with van der Waals surface area (Å²) in [5, 5.41) is 10.8. The molecule has 2 heterocycles. The third-order valence-corrected chi connectivity index (χ3v) is 4.67. The van der Waals surface area contributed by atoms with Crippen LogP contribution in [0.1, 0.15) is 11.3 Å². The molecule has 0 saturated carbocycles.